The Labute approximate surface area is 169 Å². The van der Waals surface area contributed by atoms with Gasteiger partial charge in [-0.1, -0.05) is 35.9 Å². The number of phenols is 1. The van der Waals surface area contributed by atoms with Crippen LogP contribution in [0.1, 0.15) is 15.9 Å². The average Bonchev–Trinajstić information content (AvgIpc) is 2.59. The number of anilines is 1. The molecule has 0 atom stereocenters. The van der Waals surface area contributed by atoms with Crippen molar-refractivity contribution in [1.82, 2.24) is 5.32 Å². The molecule has 3 N–H and O–H groups in total. The van der Waals surface area contributed by atoms with E-state index in [1.54, 1.807) is 43.3 Å². The first-order valence-corrected chi connectivity index (χ1v) is 9.23. The van der Waals surface area contributed by atoms with Gasteiger partial charge in [0.25, 0.3) is 5.91 Å². The van der Waals surface area contributed by atoms with E-state index in [1.165, 1.54) is 0 Å². The van der Waals surface area contributed by atoms with E-state index in [0.29, 0.717) is 26.3 Å². The number of rotatable bonds is 2. The van der Waals surface area contributed by atoms with Gasteiger partial charge in [0.1, 0.15) is 5.75 Å². The number of amides is 1. The topological polar surface area (TPSA) is 61.4 Å². The molecule has 0 spiro atoms. The molecule has 0 heterocycles. The van der Waals surface area contributed by atoms with E-state index in [1.807, 2.05) is 12.1 Å². The number of carbonyl (C=O) groups excluding carboxylic acids is 1. The minimum atomic E-state index is -0.329. The zero-order chi connectivity index (χ0) is 18.8. The molecule has 1 amide bonds. The number of benzene rings is 3. The summed E-state index contributed by atoms with van der Waals surface area (Å²) in [6, 6.07) is 14.2. The quantitative estimate of drug-likeness (QED) is 0.362. The van der Waals surface area contributed by atoms with Crippen LogP contribution in [0.5, 0.6) is 5.75 Å². The van der Waals surface area contributed by atoms with Crippen LogP contribution >= 0.6 is 39.7 Å². The van der Waals surface area contributed by atoms with E-state index >= 15 is 0 Å². The van der Waals surface area contributed by atoms with E-state index < -0.39 is 0 Å². The Hall–Kier alpha value is -2.15. The molecule has 3 aromatic carbocycles. The predicted octanol–water partition coefficient (Wildman–Crippen LogP) is 5.40. The summed E-state index contributed by atoms with van der Waals surface area (Å²) in [7, 11) is 0. The molecule has 0 fully saturated rings. The van der Waals surface area contributed by atoms with Crippen molar-refractivity contribution in [3.8, 4) is 5.75 Å². The zero-order valence-corrected chi connectivity index (χ0v) is 16.8. The SMILES string of the molecule is Cc1cc(NC(=S)NC(=O)c2cccc3c(Cl)cccc23)cc(Br)c1O. The zero-order valence-electron chi connectivity index (χ0n) is 13.6. The van der Waals surface area contributed by atoms with Gasteiger partial charge in [-0.2, -0.15) is 0 Å². The Morgan fingerprint density at radius 1 is 1.15 bits per heavy atom. The van der Waals surface area contributed by atoms with Gasteiger partial charge in [0.05, 0.1) is 4.47 Å². The minimum Gasteiger partial charge on any atom is -0.506 e. The smallest absolute Gasteiger partial charge is 0.258 e. The third-order valence-corrected chi connectivity index (χ3v) is 4.99. The number of halogens is 2. The van der Waals surface area contributed by atoms with Crippen molar-refractivity contribution >= 4 is 67.2 Å². The van der Waals surface area contributed by atoms with Crippen LogP contribution in [-0.2, 0) is 0 Å². The lowest BCUT2D eigenvalue weighted by atomic mass is 10.0. The minimum absolute atomic E-state index is 0.158. The molecule has 4 nitrogen and oxygen atoms in total. The van der Waals surface area contributed by atoms with Crippen LogP contribution in [0, 0.1) is 6.92 Å². The molecule has 3 aromatic rings. The molecule has 0 bridgehead atoms. The van der Waals surface area contributed by atoms with E-state index in [9.17, 15) is 9.90 Å². The average molecular weight is 450 g/mol. The fourth-order valence-electron chi connectivity index (χ4n) is 2.61. The Bertz CT molecular complexity index is 1020. The van der Waals surface area contributed by atoms with Crippen LogP contribution in [0.3, 0.4) is 0 Å². The summed E-state index contributed by atoms with van der Waals surface area (Å²) in [6.07, 6.45) is 0. The number of hydrogen-bond donors (Lipinski definition) is 3. The first-order valence-electron chi connectivity index (χ1n) is 7.65. The number of aromatic hydroxyl groups is 1. The number of fused-ring (bicyclic) bond motifs is 1. The maximum Gasteiger partial charge on any atom is 0.258 e. The summed E-state index contributed by atoms with van der Waals surface area (Å²) >= 11 is 14.7. The third-order valence-electron chi connectivity index (χ3n) is 3.85. The van der Waals surface area contributed by atoms with Crippen LogP contribution in [-0.4, -0.2) is 16.1 Å². The molecular weight excluding hydrogens is 436 g/mol. The summed E-state index contributed by atoms with van der Waals surface area (Å²) < 4.78 is 0.540. The largest absolute Gasteiger partial charge is 0.506 e. The van der Waals surface area contributed by atoms with Gasteiger partial charge >= 0.3 is 0 Å². The molecule has 0 radical (unpaired) electrons. The normalized spacial score (nSPS) is 10.6. The number of carbonyl (C=O) groups is 1. The second-order valence-corrected chi connectivity index (χ2v) is 7.34. The molecule has 0 saturated heterocycles. The molecule has 0 unspecified atom stereocenters. The molecule has 0 aliphatic heterocycles. The number of phenolic OH excluding ortho intramolecular Hbond substituents is 1. The Morgan fingerprint density at radius 3 is 2.58 bits per heavy atom. The van der Waals surface area contributed by atoms with Crippen molar-refractivity contribution in [2.75, 3.05) is 5.32 Å². The lowest BCUT2D eigenvalue weighted by Crippen LogP contribution is -2.34. The van der Waals surface area contributed by atoms with E-state index in [-0.39, 0.29) is 16.8 Å². The van der Waals surface area contributed by atoms with Crippen molar-refractivity contribution in [3.05, 3.63) is 69.2 Å². The van der Waals surface area contributed by atoms with Gasteiger partial charge < -0.3 is 10.4 Å². The summed E-state index contributed by atoms with van der Waals surface area (Å²) in [5.74, 6) is -0.164. The Balaban J connectivity index is 1.80. The van der Waals surface area contributed by atoms with Crippen molar-refractivity contribution < 1.29 is 9.90 Å². The highest BCUT2D eigenvalue weighted by Gasteiger charge is 2.13. The Morgan fingerprint density at radius 2 is 1.85 bits per heavy atom. The van der Waals surface area contributed by atoms with Crippen molar-refractivity contribution in [3.63, 3.8) is 0 Å². The molecule has 3 rings (SSSR count). The van der Waals surface area contributed by atoms with E-state index in [0.717, 1.165) is 10.8 Å². The van der Waals surface area contributed by atoms with Crippen molar-refractivity contribution in [2.45, 2.75) is 6.92 Å². The first-order chi connectivity index (χ1) is 12.4. The van der Waals surface area contributed by atoms with E-state index in [2.05, 4.69) is 26.6 Å². The van der Waals surface area contributed by atoms with Gasteiger partial charge in [-0.15, -0.1) is 0 Å². The molecule has 0 aromatic heterocycles. The van der Waals surface area contributed by atoms with Gasteiger partial charge in [0, 0.05) is 21.7 Å². The number of nitrogens with one attached hydrogen (secondary N) is 2. The van der Waals surface area contributed by atoms with Crippen LogP contribution in [0.15, 0.2) is 53.0 Å². The predicted molar refractivity (Wildman–Crippen MR) is 113 cm³/mol. The highest BCUT2D eigenvalue weighted by molar-refractivity contribution is 9.10. The number of aryl methyl sites for hydroxylation is 1. The van der Waals surface area contributed by atoms with Crippen molar-refractivity contribution in [2.24, 2.45) is 0 Å². The lowest BCUT2D eigenvalue weighted by molar-refractivity contribution is 0.0979. The standard InChI is InChI=1S/C19H14BrClN2O2S/c1-10-8-11(9-15(20)17(10)24)22-19(26)23-18(25)14-6-2-5-13-12(14)4-3-7-16(13)21/h2-9,24H,1H3,(H2,22,23,25,26). The van der Waals surface area contributed by atoms with Gasteiger partial charge in [-0.05, 0) is 70.3 Å². The summed E-state index contributed by atoms with van der Waals surface area (Å²) in [6.45, 7) is 1.77. The maximum atomic E-state index is 12.6. The number of hydrogen-bond acceptors (Lipinski definition) is 3. The first kappa shape index (κ1) is 18.6. The van der Waals surface area contributed by atoms with Crippen LogP contribution < -0.4 is 10.6 Å². The second kappa shape index (κ2) is 7.61. The van der Waals surface area contributed by atoms with Crippen molar-refractivity contribution in [1.29, 1.82) is 0 Å². The molecule has 0 saturated carbocycles. The van der Waals surface area contributed by atoms with Crippen LogP contribution in [0.25, 0.3) is 10.8 Å². The number of thiocarbonyl (C=S) groups is 1. The lowest BCUT2D eigenvalue weighted by Gasteiger charge is -2.13. The third kappa shape index (κ3) is 3.82. The van der Waals surface area contributed by atoms with Crippen LogP contribution in [0.2, 0.25) is 5.02 Å². The molecule has 0 aliphatic carbocycles. The molecule has 26 heavy (non-hydrogen) atoms. The van der Waals surface area contributed by atoms with Crippen LogP contribution in [0.4, 0.5) is 5.69 Å². The van der Waals surface area contributed by atoms with Gasteiger partial charge in [0.15, 0.2) is 5.11 Å². The van der Waals surface area contributed by atoms with Gasteiger partial charge in [-0.25, -0.2) is 0 Å². The van der Waals surface area contributed by atoms with E-state index in [4.69, 9.17) is 23.8 Å². The highest BCUT2D eigenvalue weighted by atomic mass is 79.9. The molecular formula is C19H14BrClN2O2S. The maximum absolute atomic E-state index is 12.6. The van der Waals surface area contributed by atoms with Gasteiger partial charge in [0.2, 0.25) is 0 Å². The molecule has 0 aliphatic rings. The molecule has 132 valence electrons. The molecule has 7 heteroatoms. The summed E-state index contributed by atoms with van der Waals surface area (Å²) in [5, 5.41) is 17.7. The fourth-order valence-corrected chi connectivity index (χ4v) is 3.62. The fraction of sp³-hybridized carbons (Fsp3) is 0.0526. The summed E-state index contributed by atoms with van der Waals surface area (Å²) in [4.78, 5) is 12.6. The van der Waals surface area contributed by atoms with Gasteiger partial charge in [-0.3, -0.25) is 10.1 Å². The monoisotopic (exact) mass is 448 g/mol. The highest BCUT2D eigenvalue weighted by Crippen LogP contribution is 2.31. The Kier molecular flexibility index (Phi) is 5.46. The summed E-state index contributed by atoms with van der Waals surface area (Å²) in [5.41, 5.74) is 1.82. The second-order valence-electron chi connectivity index (χ2n) is 5.67.